The van der Waals surface area contributed by atoms with E-state index in [0.717, 1.165) is 149 Å². The number of hydrogen-bond acceptors (Lipinski definition) is 7. The summed E-state index contributed by atoms with van der Waals surface area (Å²) in [5.74, 6) is 15.5. The first-order valence-electron chi connectivity index (χ1n) is 40.4. The van der Waals surface area contributed by atoms with Gasteiger partial charge in [0.2, 0.25) is 0 Å². The van der Waals surface area contributed by atoms with Crippen LogP contribution in [0.5, 0.6) is 0 Å². The molecule has 0 amide bonds. The van der Waals surface area contributed by atoms with Gasteiger partial charge in [-0.25, -0.2) is 0 Å². The predicted octanol–water partition coefficient (Wildman–Crippen LogP) is 17.0. The van der Waals surface area contributed by atoms with E-state index in [1.807, 2.05) is 0 Å². The summed E-state index contributed by atoms with van der Waals surface area (Å²) in [6.07, 6.45) is 39.9. The standard InChI is InChI=1S/2C28H50O2.C28H48O2.CH4O.B.Na.H/c3*1-18(2)7-12-25(29)19(3)22-10-11-23-21-9-8-20-17-26(4,30)15-16-27(20,5)24(21)13-14-28(22,23)6;1-2;;;/h2*18-25,29-30H,7-17H2,1-6H3;18-24,30H,7-17H2,1-6H3;2H,1H3;;;/q;;;;;+1;-1/t19-,20-,21-,22+,23-,24-,25+,26-,27-,28+;19-,20-,21-,22+,23-,24-,25-,26-,27-,28+;19-,20-,21-,22+,23-,24-,26-,27-,28+;;;;/m000..../s1. The number of carbonyl (C=O) groups excluding carboxylic acids is 1. The van der Waals surface area contributed by atoms with Crippen LogP contribution in [0.4, 0.5) is 0 Å². The zero-order chi connectivity index (χ0) is 67.7. The van der Waals surface area contributed by atoms with E-state index >= 15 is 0 Å². The molecule has 9 heteroatoms. The molecular formula is C85H153BNaO7. The average Bonchev–Trinajstić information content (AvgIpc) is 1.71. The Labute approximate surface area is 605 Å². The molecule has 0 saturated heterocycles. The van der Waals surface area contributed by atoms with Crippen molar-refractivity contribution in [1.29, 1.82) is 0 Å². The number of ketones is 1. The van der Waals surface area contributed by atoms with Crippen LogP contribution in [0.15, 0.2) is 0 Å². The van der Waals surface area contributed by atoms with E-state index in [2.05, 4.69) is 125 Å². The van der Waals surface area contributed by atoms with Crippen molar-refractivity contribution < 1.29 is 66.4 Å². The molecule has 94 heavy (non-hydrogen) atoms. The summed E-state index contributed by atoms with van der Waals surface area (Å²) in [5, 5.41) is 61.1. The first-order valence-corrected chi connectivity index (χ1v) is 40.4. The Morgan fingerprint density at radius 3 is 0.936 bits per heavy atom. The second kappa shape index (κ2) is 31.4. The fraction of sp³-hybridized carbons (Fsp3) is 0.988. The molecule has 12 fully saturated rings. The monoisotopic (exact) mass is 1320 g/mol. The Kier molecular flexibility index (Phi) is 27.4. The number of hydrogen-bond donors (Lipinski definition) is 6. The minimum atomic E-state index is -0.440. The van der Waals surface area contributed by atoms with E-state index < -0.39 is 16.8 Å². The number of carbonyl (C=O) groups is 1. The van der Waals surface area contributed by atoms with Crippen LogP contribution >= 0.6 is 0 Å². The van der Waals surface area contributed by atoms with Gasteiger partial charge in [0.1, 0.15) is 5.78 Å². The predicted molar refractivity (Wildman–Crippen MR) is 389 cm³/mol. The van der Waals surface area contributed by atoms with Crippen molar-refractivity contribution in [2.45, 2.75) is 366 Å². The van der Waals surface area contributed by atoms with Crippen molar-refractivity contribution in [3.05, 3.63) is 0 Å². The average molecular weight is 1320 g/mol. The zero-order valence-electron chi connectivity index (χ0n) is 66.3. The first kappa shape index (κ1) is 81.8. The molecule has 539 valence electrons. The number of aliphatic hydroxyl groups is 6. The van der Waals surface area contributed by atoms with Crippen LogP contribution in [0.3, 0.4) is 0 Å². The minimum absolute atomic E-state index is 0. The van der Waals surface area contributed by atoms with Crippen LogP contribution in [0.2, 0.25) is 0 Å². The second-order valence-corrected chi connectivity index (χ2v) is 40.2. The number of rotatable bonds is 15. The molecule has 12 saturated carbocycles. The molecule has 0 aliphatic heterocycles. The van der Waals surface area contributed by atoms with Gasteiger partial charge in [0.15, 0.2) is 0 Å². The summed E-state index contributed by atoms with van der Waals surface area (Å²) in [6.45, 7) is 42.3. The Balaban J connectivity index is 0.000000219. The third kappa shape index (κ3) is 16.1. The van der Waals surface area contributed by atoms with Gasteiger partial charge in [-0.05, 0) is 377 Å². The zero-order valence-corrected chi connectivity index (χ0v) is 67.3. The molecule has 0 bridgehead atoms. The van der Waals surface area contributed by atoms with Gasteiger partial charge in [-0.15, -0.1) is 0 Å². The number of aliphatic hydroxyl groups excluding tert-OH is 3. The molecule has 29 atom stereocenters. The van der Waals surface area contributed by atoms with Gasteiger partial charge in [0.25, 0.3) is 0 Å². The van der Waals surface area contributed by atoms with Crippen molar-refractivity contribution in [1.82, 2.24) is 0 Å². The fourth-order valence-corrected chi connectivity index (χ4v) is 27.9. The molecule has 0 heterocycles. The minimum Gasteiger partial charge on any atom is -1.00 e. The number of Topliss-reactive ketones (excluding diaryl/α,β-unsaturated/α-hetero) is 1. The summed E-state index contributed by atoms with van der Waals surface area (Å²) in [6, 6.07) is 0. The maximum atomic E-state index is 13.0. The van der Waals surface area contributed by atoms with Crippen LogP contribution in [0.25, 0.3) is 0 Å². The van der Waals surface area contributed by atoms with E-state index in [1.54, 1.807) is 0 Å². The van der Waals surface area contributed by atoms with E-state index in [9.17, 15) is 30.3 Å². The van der Waals surface area contributed by atoms with Gasteiger partial charge in [0.05, 0.1) is 29.0 Å². The molecule has 0 aromatic heterocycles. The summed E-state index contributed by atoms with van der Waals surface area (Å²) >= 11 is 0. The van der Waals surface area contributed by atoms with Gasteiger partial charge in [-0.3, -0.25) is 4.79 Å². The molecular weight excluding hydrogens is 1170 g/mol. The van der Waals surface area contributed by atoms with Crippen molar-refractivity contribution in [2.75, 3.05) is 7.11 Å². The Bertz CT molecular complexity index is 2310. The molecule has 12 aliphatic carbocycles. The molecule has 12 aliphatic rings. The summed E-state index contributed by atoms with van der Waals surface area (Å²) in [5.41, 5.74) is 1.27. The molecule has 0 unspecified atom stereocenters. The SMILES string of the molecule is CC(C)CCC(=O)[C@@H](C)[C@H]1CC[C@H]2[C@@H]3CC[C@H]4C[C@@](C)(O)CC[C@]4(C)[C@H]3CC[C@]12C.CC(C)CC[C@@H](O)[C@@H](C)[C@H]1CC[C@H]2[C@@H]3CC[C@H]4C[C@@](C)(O)CC[C@]4(C)[C@H]3CC[C@]12C.CC(C)CC[C@H](O)[C@@H](C)[C@H]1CC[C@H]2[C@@H]3CC[C@H]4C[C@@](C)(O)CC[C@]4(C)[C@H]3CC[C@]12C.CO.[B].[H-].[Na+]. The molecule has 0 aromatic rings. The Morgan fingerprint density at radius 2 is 0.638 bits per heavy atom. The summed E-state index contributed by atoms with van der Waals surface area (Å²) < 4.78 is 0. The van der Waals surface area contributed by atoms with Crippen molar-refractivity contribution in [3.8, 4) is 0 Å². The van der Waals surface area contributed by atoms with E-state index in [-0.39, 0.29) is 57.5 Å². The molecule has 0 spiro atoms. The van der Waals surface area contributed by atoms with E-state index in [0.29, 0.717) is 91.5 Å². The summed E-state index contributed by atoms with van der Waals surface area (Å²) in [4.78, 5) is 13.0. The van der Waals surface area contributed by atoms with Crippen LogP contribution in [0, 0.1) is 157 Å². The third-order valence-corrected chi connectivity index (χ3v) is 33.7. The van der Waals surface area contributed by atoms with Gasteiger partial charge < -0.3 is 32.1 Å². The van der Waals surface area contributed by atoms with Crippen molar-refractivity contribution in [2.24, 2.45) is 157 Å². The first-order chi connectivity index (χ1) is 42.9. The smallest absolute Gasteiger partial charge is 1.00 e. The topological polar surface area (TPSA) is 138 Å². The van der Waals surface area contributed by atoms with Crippen molar-refractivity contribution >= 4 is 14.2 Å². The molecule has 6 N–H and O–H groups in total. The van der Waals surface area contributed by atoms with Gasteiger partial charge in [0, 0.05) is 27.9 Å². The maximum Gasteiger partial charge on any atom is 1.00 e. The van der Waals surface area contributed by atoms with Gasteiger partial charge >= 0.3 is 29.6 Å². The summed E-state index contributed by atoms with van der Waals surface area (Å²) in [7, 11) is 1.00. The van der Waals surface area contributed by atoms with Crippen LogP contribution < -0.4 is 29.6 Å². The van der Waals surface area contributed by atoms with E-state index in [4.69, 9.17) is 5.11 Å². The second-order valence-electron chi connectivity index (χ2n) is 40.2. The molecule has 0 aromatic carbocycles. The normalized spacial score (nSPS) is 48.0. The van der Waals surface area contributed by atoms with Gasteiger partial charge in [-0.1, -0.05) is 104 Å². The quantitative estimate of drug-likeness (QED) is 0.0898. The van der Waals surface area contributed by atoms with Crippen molar-refractivity contribution in [3.63, 3.8) is 0 Å². The number of fused-ring (bicyclic) bond motifs is 15. The molecule has 12 rings (SSSR count). The molecule has 7 nitrogen and oxygen atoms in total. The Morgan fingerprint density at radius 1 is 0.362 bits per heavy atom. The van der Waals surface area contributed by atoms with Gasteiger partial charge in [-0.2, -0.15) is 0 Å². The fourth-order valence-electron chi connectivity index (χ4n) is 27.9. The van der Waals surface area contributed by atoms with Crippen LogP contribution in [0.1, 0.15) is 338 Å². The molecule has 3 radical (unpaired) electrons. The van der Waals surface area contributed by atoms with Crippen LogP contribution in [-0.4, -0.2) is 81.0 Å². The maximum absolute atomic E-state index is 13.0. The van der Waals surface area contributed by atoms with Crippen LogP contribution in [-0.2, 0) is 4.79 Å². The third-order valence-electron chi connectivity index (χ3n) is 33.7. The Hall–Kier alpha value is 0.495. The largest absolute Gasteiger partial charge is 1.00 e. The van der Waals surface area contributed by atoms with E-state index in [1.165, 1.54) is 135 Å².